The van der Waals surface area contributed by atoms with Gasteiger partial charge in [0.05, 0.1) is 6.07 Å². The minimum atomic E-state index is -4.67. The van der Waals surface area contributed by atoms with E-state index in [1.54, 1.807) is 6.07 Å². The van der Waals surface area contributed by atoms with Gasteiger partial charge in [-0.15, -0.1) is 0 Å². The van der Waals surface area contributed by atoms with Crippen LogP contribution in [0.15, 0.2) is 6.07 Å². The van der Waals surface area contributed by atoms with Gasteiger partial charge >= 0.3 is 16.3 Å². The molecule has 0 spiro atoms. The maximum Gasteiger partial charge on any atom is 0.394 e. The summed E-state index contributed by atoms with van der Waals surface area (Å²) < 4.78 is 32.0. The van der Waals surface area contributed by atoms with Crippen molar-refractivity contribution in [3.05, 3.63) is 11.3 Å². The van der Waals surface area contributed by atoms with Crippen molar-refractivity contribution in [2.24, 2.45) is 0 Å². The molecule has 2 rings (SSSR count). The lowest BCUT2D eigenvalue weighted by molar-refractivity contribution is -0.576. The van der Waals surface area contributed by atoms with Crippen molar-refractivity contribution in [2.45, 2.75) is 19.3 Å². The topological polar surface area (TPSA) is 170 Å². The van der Waals surface area contributed by atoms with E-state index in [0.717, 1.165) is 25.9 Å². The molecule has 1 aliphatic rings. The largest absolute Gasteiger partial charge is 0.754 e. The third kappa shape index (κ3) is 5.42. The van der Waals surface area contributed by atoms with Crippen LogP contribution in [-0.4, -0.2) is 35.6 Å². The van der Waals surface area contributed by atoms with Gasteiger partial charge in [-0.1, -0.05) is 4.98 Å². The predicted octanol–water partition coefficient (Wildman–Crippen LogP) is -0.783. The Balaban J connectivity index is 0.000000347. The first-order valence-corrected chi connectivity index (χ1v) is 7.18. The van der Waals surface area contributed by atoms with E-state index >= 15 is 0 Å². The number of hydrogen-bond acceptors (Lipinski definition) is 7. The zero-order valence-corrected chi connectivity index (χ0v) is 11.5. The van der Waals surface area contributed by atoms with Crippen LogP contribution in [0.25, 0.3) is 0 Å². The Hall–Kier alpha value is -1.85. The van der Waals surface area contributed by atoms with Gasteiger partial charge in [0, 0.05) is 13.1 Å². The molecule has 10 nitrogen and oxygen atoms in total. The molecule has 0 radical (unpaired) electrons. The van der Waals surface area contributed by atoms with Crippen molar-refractivity contribution in [3.8, 4) is 0 Å². The van der Waals surface area contributed by atoms with Gasteiger partial charge in [-0.3, -0.25) is 9.11 Å². The molecule has 1 aromatic rings. The number of aromatic nitrogens is 2. The molecular weight excluding hydrogens is 290 g/mol. The Morgan fingerprint density at radius 3 is 2.20 bits per heavy atom. The number of hydrogen-bond donors (Lipinski definition) is 4. The summed E-state index contributed by atoms with van der Waals surface area (Å²) >= 11 is 0. The summed E-state index contributed by atoms with van der Waals surface area (Å²) in [6, 6.07) is 1.58. The van der Waals surface area contributed by atoms with Gasteiger partial charge in [-0.05, 0) is 19.3 Å². The SMILES string of the molecule is Nc1cc(N2CCCCC2)nc(N)[n+]1[O-].O=S(=O)(O)O. The number of piperidine rings is 1. The first kappa shape index (κ1) is 16.2. The molecule has 114 valence electrons. The van der Waals surface area contributed by atoms with E-state index in [0.29, 0.717) is 10.5 Å². The lowest BCUT2D eigenvalue weighted by atomic mass is 10.1. The second kappa shape index (κ2) is 6.54. The second-order valence-corrected chi connectivity index (χ2v) is 5.08. The lowest BCUT2D eigenvalue weighted by Crippen LogP contribution is -2.38. The van der Waals surface area contributed by atoms with Crippen LogP contribution in [0.2, 0.25) is 0 Å². The Bertz CT molecular complexity index is 527. The average Bonchev–Trinajstić information content (AvgIpc) is 2.34. The van der Waals surface area contributed by atoms with E-state index < -0.39 is 10.4 Å². The summed E-state index contributed by atoms with van der Waals surface area (Å²) in [4.78, 5) is 6.14. The zero-order chi connectivity index (χ0) is 15.3. The van der Waals surface area contributed by atoms with Crippen LogP contribution in [0.1, 0.15) is 19.3 Å². The van der Waals surface area contributed by atoms with Crippen LogP contribution >= 0.6 is 0 Å². The molecule has 0 amide bonds. The number of nitrogen functional groups attached to an aromatic ring is 2. The number of nitrogens with two attached hydrogens (primary N) is 2. The van der Waals surface area contributed by atoms with Crippen LogP contribution in [0.3, 0.4) is 0 Å². The molecule has 1 saturated heterocycles. The summed E-state index contributed by atoms with van der Waals surface area (Å²) in [7, 11) is -4.67. The van der Waals surface area contributed by atoms with Gasteiger partial charge < -0.3 is 21.6 Å². The van der Waals surface area contributed by atoms with Crippen LogP contribution in [-0.2, 0) is 10.4 Å². The summed E-state index contributed by atoms with van der Waals surface area (Å²) in [5.41, 5.74) is 11.0. The molecular formula is C9H17N5O5S. The molecule has 1 aliphatic heterocycles. The highest BCUT2D eigenvalue weighted by Crippen LogP contribution is 2.18. The maximum atomic E-state index is 11.2. The Labute approximate surface area is 116 Å². The van der Waals surface area contributed by atoms with Gasteiger partial charge in [-0.25, -0.2) is 4.73 Å². The highest BCUT2D eigenvalue weighted by molar-refractivity contribution is 7.79. The van der Waals surface area contributed by atoms with Gasteiger partial charge in [0.2, 0.25) is 0 Å². The smallest absolute Gasteiger partial charge is 0.394 e. The van der Waals surface area contributed by atoms with Gasteiger partial charge in [-0.2, -0.15) is 8.42 Å². The van der Waals surface area contributed by atoms with E-state index in [4.69, 9.17) is 29.0 Å². The quantitative estimate of drug-likeness (QED) is 0.295. The molecule has 0 unspecified atom stereocenters. The highest BCUT2D eigenvalue weighted by atomic mass is 32.3. The van der Waals surface area contributed by atoms with Crippen molar-refractivity contribution in [1.29, 1.82) is 0 Å². The fourth-order valence-corrected chi connectivity index (χ4v) is 1.80. The van der Waals surface area contributed by atoms with Crippen LogP contribution in [0.4, 0.5) is 17.6 Å². The van der Waals surface area contributed by atoms with E-state index in [-0.39, 0.29) is 11.8 Å². The molecule has 0 saturated carbocycles. The Morgan fingerprint density at radius 1 is 1.25 bits per heavy atom. The first-order valence-electron chi connectivity index (χ1n) is 5.79. The van der Waals surface area contributed by atoms with Gasteiger partial charge in [0.1, 0.15) is 0 Å². The molecule has 0 aliphatic carbocycles. The molecule has 1 aromatic heterocycles. The highest BCUT2D eigenvalue weighted by Gasteiger charge is 2.16. The minimum absolute atomic E-state index is 0.0874. The van der Waals surface area contributed by atoms with Crippen LogP contribution in [0.5, 0.6) is 0 Å². The third-order valence-corrected chi connectivity index (χ3v) is 2.63. The van der Waals surface area contributed by atoms with Crippen LogP contribution in [0, 0.1) is 5.21 Å². The monoisotopic (exact) mass is 307 g/mol. The summed E-state index contributed by atoms with van der Waals surface area (Å²) in [5.74, 6) is 0.718. The van der Waals surface area contributed by atoms with E-state index in [2.05, 4.69) is 9.88 Å². The van der Waals surface area contributed by atoms with Crippen molar-refractivity contribution >= 4 is 28.0 Å². The maximum absolute atomic E-state index is 11.2. The second-order valence-electron chi connectivity index (χ2n) is 4.19. The van der Waals surface area contributed by atoms with Gasteiger partial charge in [0.15, 0.2) is 11.6 Å². The number of rotatable bonds is 1. The Morgan fingerprint density at radius 2 is 1.75 bits per heavy atom. The first-order chi connectivity index (χ1) is 9.18. The fourth-order valence-electron chi connectivity index (χ4n) is 1.80. The zero-order valence-electron chi connectivity index (χ0n) is 10.6. The minimum Gasteiger partial charge on any atom is -0.754 e. The summed E-state index contributed by atoms with van der Waals surface area (Å²) in [5, 5.41) is 11.2. The molecule has 6 N–H and O–H groups in total. The summed E-state index contributed by atoms with van der Waals surface area (Å²) in [6.45, 7) is 1.91. The van der Waals surface area contributed by atoms with Crippen molar-refractivity contribution < 1.29 is 22.3 Å². The van der Waals surface area contributed by atoms with Gasteiger partial charge in [0.25, 0.3) is 0 Å². The standard InChI is InChI=1S/C9H15N5O.H2O4S/c10-7-6-8(12-9(11)14(7)15)13-4-2-1-3-5-13;1-5(2,3)4/h6H,1-5,10H2,(H2,11,12);(H2,1,2,3,4). The predicted molar refractivity (Wildman–Crippen MR) is 72.3 cm³/mol. The normalized spacial score (nSPS) is 15.4. The molecule has 2 heterocycles. The van der Waals surface area contributed by atoms with E-state index in [1.165, 1.54) is 6.42 Å². The molecule has 0 bridgehead atoms. The molecule has 0 atom stereocenters. The van der Waals surface area contributed by atoms with Crippen molar-refractivity contribution in [3.63, 3.8) is 0 Å². The van der Waals surface area contributed by atoms with Crippen molar-refractivity contribution in [2.75, 3.05) is 29.5 Å². The van der Waals surface area contributed by atoms with Crippen LogP contribution < -0.4 is 21.1 Å². The Kier molecular flexibility index (Phi) is 5.30. The molecule has 1 fully saturated rings. The number of anilines is 3. The van der Waals surface area contributed by atoms with E-state index in [1.807, 2.05) is 0 Å². The lowest BCUT2D eigenvalue weighted by Gasteiger charge is -2.26. The molecule has 11 heteroatoms. The molecule has 0 aromatic carbocycles. The van der Waals surface area contributed by atoms with Crippen molar-refractivity contribution in [1.82, 2.24) is 4.98 Å². The van der Waals surface area contributed by atoms with E-state index in [9.17, 15) is 5.21 Å². The third-order valence-electron chi connectivity index (χ3n) is 2.63. The summed E-state index contributed by atoms with van der Waals surface area (Å²) in [6.07, 6.45) is 3.54. The number of nitrogens with zero attached hydrogens (tertiary/aromatic N) is 3. The fraction of sp³-hybridized carbons (Fsp3) is 0.556. The average molecular weight is 307 g/mol. The molecule has 20 heavy (non-hydrogen) atoms.